The Morgan fingerprint density at radius 2 is 1.86 bits per heavy atom. The molecule has 112 valence electrons. The van der Waals surface area contributed by atoms with Crippen molar-refractivity contribution in [2.75, 3.05) is 6.61 Å². The minimum Gasteiger partial charge on any atom is -0.465 e. The van der Waals surface area contributed by atoms with Crippen LogP contribution in [-0.4, -0.2) is 17.1 Å². The number of rotatable bonds is 3. The number of carbonyl (C=O) groups excluding carboxylic acids is 1. The zero-order chi connectivity index (χ0) is 15.7. The van der Waals surface area contributed by atoms with Crippen molar-refractivity contribution in [1.82, 2.24) is 4.57 Å². The summed E-state index contributed by atoms with van der Waals surface area (Å²) in [5.41, 5.74) is 0.540. The molecule has 22 heavy (non-hydrogen) atoms. The Morgan fingerprint density at radius 3 is 2.59 bits per heavy atom. The first-order chi connectivity index (χ1) is 10.6. The van der Waals surface area contributed by atoms with Crippen molar-refractivity contribution in [3.05, 3.63) is 57.3 Å². The molecule has 0 amide bonds. The van der Waals surface area contributed by atoms with E-state index in [1.165, 1.54) is 4.57 Å². The van der Waals surface area contributed by atoms with Crippen LogP contribution in [0.25, 0.3) is 21.7 Å². The van der Waals surface area contributed by atoms with Crippen LogP contribution in [0, 0.1) is 0 Å². The molecule has 2 aromatic carbocycles. The Morgan fingerprint density at radius 1 is 1.14 bits per heavy atom. The molecule has 0 radical (unpaired) electrons. The first kappa shape index (κ1) is 14.8. The lowest BCUT2D eigenvalue weighted by atomic mass is 10.1. The predicted octanol–water partition coefficient (Wildman–Crippen LogP) is 3.48. The highest BCUT2D eigenvalue weighted by Crippen LogP contribution is 2.25. The summed E-state index contributed by atoms with van der Waals surface area (Å²) in [6.07, 6.45) is 0. The van der Waals surface area contributed by atoms with Gasteiger partial charge in [-0.15, -0.1) is 0 Å². The van der Waals surface area contributed by atoms with E-state index in [1.54, 1.807) is 13.0 Å². The maximum atomic E-state index is 12.7. The van der Waals surface area contributed by atoms with Crippen molar-refractivity contribution in [3.63, 3.8) is 0 Å². The van der Waals surface area contributed by atoms with Crippen LogP contribution >= 0.6 is 15.9 Å². The van der Waals surface area contributed by atoms with E-state index >= 15 is 0 Å². The smallest absolute Gasteiger partial charge is 0.326 e. The molecule has 1 heterocycles. The van der Waals surface area contributed by atoms with Gasteiger partial charge in [-0.05, 0) is 36.6 Å². The molecule has 0 aliphatic rings. The number of nitrogens with zero attached hydrogens (tertiary/aromatic N) is 1. The SMILES string of the molecule is CCOC(=O)Cn1c(=O)c2ccccc2c2cc(Br)ccc21. The Kier molecular flexibility index (Phi) is 3.98. The third-order valence-electron chi connectivity index (χ3n) is 3.53. The lowest BCUT2D eigenvalue weighted by Gasteiger charge is -2.13. The lowest BCUT2D eigenvalue weighted by Crippen LogP contribution is -2.26. The summed E-state index contributed by atoms with van der Waals surface area (Å²) < 4.78 is 7.37. The van der Waals surface area contributed by atoms with Gasteiger partial charge in [0.2, 0.25) is 0 Å². The van der Waals surface area contributed by atoms with Crippen LogP contribution in [0.3, 0.4) is 0 Å². The summed E-state index contributed by atoms with van der Waals surface area (Å²) >= 11 is 3.46. The number of hydrogen-bond acceptors (Lipinski definition) is 3. The van der Waals surface area contributed by atoms with Gasteiger partial charge in [0.15, 0.2) is 0 Å². The van der Waals surface area contributed by atoms with Crippen LogP contribution in [0.2, 0.25) is 0 Å². The minimum atomic E-state index is -0.413. The number of benzene rings is 2. The van der Waals surface area contributed by atoms with Gasteiger partial charge in [0.25, 0.3) is 5.56 Å². The fourth-order valence-electron chi connectivity index (χ4n) is 2.61. The van der Waals surface area contributed by atoms with E-state index < -0.39 is 5.97 Å². The molecule has 0 aliphatic heterocycles. The molecular formula is C17H14BrNO3. The summed E-state index contributed by atoms with van der Waals surface area (Å²) in [5.74, 6) is -0.413. The predicted molar refractivity (Wildman–Crippen MR) is 90.0 cm³/mol. The standard InChI is InChI=1S/C17H14BrNO3/c1-2-22-16(20)10-19-15-8-7-11(18)9-14(15)12-5-3-4-6-13(12)17(19)21/h3-9H,2,10H2,1H3. The molecule has 0 N–H and O–H groups in total. The average Bonchev–Trinajstić information content (AvgIpc) is 2.52. The van der Waals surface area contributed by atoms with Crippen molar-refractivity contribution in [3.8, 4) is 0 Å². The average molecular weight is 360 g/mol. The van der Waals surface area contributed by atoms with Crippen LogP contribution in [0.4, 0.5) is 0 Å². The second kappa shape index (κ2) is 5.93. The zero-order valence-corrected chi connectivity index (χ0v) is 13.6. The van der Waals surface area contributed by atoms with E-state index in [0.717, 1.165) is 20.8 Å². The molecule has 4 nitrogen and oxygen atoms in total. The summed E-state index contributed by atoms with van der Waals surface area (Å²) in [6.45, 7) is 1.95. The van der Waals surface area contributed by atoms with Gasteiger partial charge in [-0.25, -0.2) is 0 Å². The van der Waals surface area contributed by atoms with Gasteiger partial charge in [0.1, 0.15) is 6.54 Å². The minimum absolute atomic E-state index is 0.0877. The van der Waals surface area contributed by atoms with E-state index in [2.05, 4.69) is 15.9 Å². The quantitative estimate of drug-likeness (QED) is 0.531. The van der Waals surface area contributed by atoms with Crippen molar-refractivity contribution in [2.45, 2.75) is 13.5 Å². The van der Waals surface area contributed by atoms with Gasteiger partial charge in [-0.2, -0.15) is 0 Å². The second-order valence-corrected chi connectivity index (χ2v) is 5.82. The third-order valence-corrected chi connectivity index (χ3v) is 4.03. The van der Waals surface area contributed by atoms with Crippen molar-refractivity contribution >= 4 is 43.6 Å². The van der Waals surface area contributed by atoms with Gasteiger partial charge in [-0.1, -0.05) is 34.1 Å². The monoisotopic (exact) mass is 359 g/mol. The zero-order valence-electron chi connectivity index (χ0n) is 12.0. The number of carbonyl (C=O) groups is 1. The number of esters is 1. The van der Waals surface area contributed by atoms with Crippen molar-refractivity contribution in [2.24, 2.45) is 0 Å². The molecule has 0 saturated carbocycles. The third kappa shape index (κ3) is 2.52. The molecule has 3 aromatic rings. The van der Waals surface area contributed by atoms with E-state index in [4.69, 9.17) is 4.74 Å². The fraction of sp³-hybridized carbons (Fsp3) is 0.176. The first-order valence-corrected chi connectivity index (χ1v) is 7.77. The van der Waals surface area contributed by atoms with E-state index in [1.807, 2.05) is 36.4 Å². The van der Waals surface area contributed by atoms with Crippen LogP contribution in [0.1, 0.15) is 6.92 Å². The van der Waals surface area contributed by atoms with Crippen LogP contribution in [0.5, 0.6) is 0 Å². The van der Waals surface area contributed by atoms with Crippen molar-refractivity contribution in [1.29, 1.82) is 0 Å². The number of fused-ring (bicyclic) bond motifs is 3. The topological polar surface area (TPSA) is 48.3 Å². The van der Waals surface area contributed by atoms with E-state index in [0.29, 0.717) is 12.0 Å². The first-order valence-electron chi connectivity index (χ1n) is 6.98. The molecule has 1 aromatic heterocycles. The number of aromatic nitrogens is 1. The molecule has 0 aliphatic carbocycles. The molecule has 0 saturated heterocycles. The Bertz CT molecular complexity index is 930. The molecular weight excluding hydrogens is 346 g/mol. The normalized spacial score (nSPS) is 11.0. The highest BCUT2D eigenvalue weighted by Gasteiger charge is 2.13. The highest BCUT2D eigenvalue weighted by molar-refractivity contribution is 9.10. The van der Waals surface area contributed by atoms with Crippen LogP contribution in [0.15, 0.2) is 51.7 Å². The second-order valence-electron chi connectivity index (χ2n) is 4.90. The number of hydrogen-bond donors (Lipinski definition) is 0. The summed E-state index contributed by atoms with van der Waals surface area (Å²) in [6, 6.07) is 13.1. The number of pyridine rings is 1. The molecule has 0 unspecified atom stereocenters. The number of halogens is 1. The number of ether oxygens (including phenoxy) is 1. The Hall–Kier alpha value is -2.14. The summed E-state index contributed by atoms with van der Waals surface area (Å²) in [7, 11) is 0. The molecule has 0 atom stereocenters. The van der Waals surface area contributed by atoms with Crippen molar-refractivity contribution < 1.29 is 9.53 Å². The van der Waals surface area contributed by atoms with Crippen LogP contribution < -0.4 is 5.56 Å². The Labute approximate surface area is 135 Å². The molecule has 5 heteroatoms. The molecule has 0 spiro atoms. The van der Waals surface area contributed by atoms with Gasteiger partial charge in [0, 0.05) is 15.2 Å². The fourth-order valence-corrected chi connectivity index (χ4v) is 2.97. The maximum Gasteiger partial charge on any atom is 0.326 e. The Balaban J connectivity index is 2.36. The largest absolute Gasteiger partial charge is 0.465 e. The summed E-state index contributed by atoms with van der Waals surface area (Å²) in [5, 5.41) is 2.40. The molecule has 0 bridgehead atoms. The van der Waals surface area contributed by atoms with Crippen LogP contribution in [-0.2, 0) is 16.1 Å². The van der Waals surface area contributed by atoms with Gasteiger partial charge in [0.05, 0.1) is 12.1 Å². The van der Waals surface area contributed by atoms with E-state index in [-0.39, 0.29) is 12.1 Å². The maximum absolute atomic E-state index is 12.7. The van der Waals surface area contributed by atoms with E-state index in [9.17, 15) is 9.59 Å². The highest BCUT2D eigenvalue weighted by atomic mass is 79.9. The molecule has 0 fully saturated rings. The van der Waals surface area contributed by atoms with Gasteiger partial charge < -0.3 is 4.74 Å². The lowest BCUT2D eigenvalue weighted by molar-refractivity contribution is -0.143. The van der Waals surface area contributed by atoms with Gasteiger partial charge >= 0.3 is 5.97 Å². The summed E-state index contributed by atoms with van der Waals surface area (Å²) in [4.78, 5) is 24.5. The van der Waals surface area contributed by atoms with Gasteiger partial charge in [-0.3, -0.25) is 14.2 Å². The molecule has 3 rings (SSSR count).